The maximum absolute atomic E-state index is 6.26. The van der Waals surface area contributed by atoms with Gasteiger partial charge in [0.2, 0.25) is 0 Å². The van der Waals surface area contributed by atoms with Gasteiger partial charge in [0, 0.05) is 28.2 Å². The highest BCUT2D eigenvalue weighted by Gasteiger charge is 2.17. The number of aromatic nitrogens is 3. The zero-order valence-electron chi connectivity index (χ0n) is 15.3. The Morgan fingerprint density at radius 3 is 2.52 bits per heavy atom. The summed E-state index contributed by atoms with van der Waals surface area (Å²) in [7, 11) is 0. The number of aryl methyl sites for hydroxylation is 1. The first-order valence-corrected chi connectivity index (χ1v) is 9.24. The molecule has 0 aliphatic heterocycles. The van der Waals surface area contributed by atoms with Crippen LogP contribution in [0.4, 0.5) is 0 Å². The zero-order chi connectivity index (χ0) is 18.8. The van der Waals surface area contributed by atoms with Crippen molar-refractivity contribution in [2.75, 3.05) is 0 Å². The molecular weight excluding hydrogens is 358 g/mol. The van der Waals surface area contributed by atoms with Gasteiger partial charge in [0.15, 0.2) is 0 Å². The van der Waals surface area contributed by atoms with Crippen LogP contribution >= 0.6 is 11.6 Å². The molecule has 0 N–H and O–H groups in total. The van der Waals surface area contributed by atoms with Gasteiger partial charge in [-0.15, -0.1) is 5.10 Å². The highest BCUT2D eigenvalue weighted by molar-refractivity contribution is 6.31. The first-order valence-electron chi connectivity index (χ1n) is 8.86. The van der Waals surface area contributed by atoms with Gasteiger partial charge >= 0.3 is 0 Å². The van der Waals surface area contributed by atoms with Crippen molar-refractivity contribution >= 4 is 22.5 Å². The van der Waals surface area contributed by atoms with Gasteiger partial charge in [-0.1, -0.05) is 60.1 Å². The normalized spacial score (nSPS) is 11.1. The van der Waals surface area contributed by atoms with E-state index in [4.69, 9.17) is 16.3 Å². The van der Waals surface area contributed by atoms with Crippen LogP contribution in [0.5, 0.6) is 5.88 Å². The Bertz CT molecular complexity index is 1090. The molecule has 0 spiro atoms. The standard InChI is InChI=1S/C22H20ClN3O/c1-15-16(2)26(13-17-8-4-3-5-9-17)21-19(15)12-24-25-22(21)27-14-18-10-6-7-11-20(18)23/h3-12H,13-14H2,1-2H3. The number of ether oxygens (including phenoxy) is 1. The molecule has 5 heteroatoms. The fourth-order valence-corrected chi connectivity index (χ4v) is 3.48. The molecule has 2 aromatic carbocycles. The van der Waals surface area contributed by atoms with Crippen LogP contribution in [0.2, 0.25) is 5.02 Å². The second-order valence-corrected chi connectivity index (χ2v) is 6.98. The molecule has 136 valence electrons. The van der Waals surface area contributed by atoms with E-state index < -0.39 is 0 Å². The van der Waals surface area contributed by atoms with Crippen LogP contribution in [0, 0.1) is 13.8 Å². The van der Waals surface area contributed by atoms with E-state index in [0.29, 0.717) is 17.5 Å². The fourth-order valence-electron chi connectivity index (χ4n) is 3.29. The summed E-state index contributed by atoms with van der Waals surface area (Å²) in [5.74, 6) is 0.527. The van der Waals surface area contributed by atoms with Crippen LogP contribution in [0.1, 0.15) is 22.4 Å². The third kappa shape index (κ3) is 3.40. The summed E-state index contributed by atoms with van der Waals surface area (Å²) in [6.45, 7) is 5.34. The van der Waals surface area contributed by atoms with Crippen LogP contribution in [0.15, 0.2) is 60.8 Å². The third-order valence-electron chi connectivity index (χ3n) is 4.92. The van der Waals surface area contributed by atoms with Gasteiger partial charge in [-0.25, -0.2) is 0 Å². The molecule has 0 bridgehead atoms. The Morgan fingerprint density at radius 2 is 1.74 bits per heavy atom. The lowest BCUT2D eigenvalue weighted by atomic mass is 10.2. The molecule has 0 saturated heterocycles. The van der Waals surface area contributed by atoms with Crippen LogP contribution in [0.25, 0.3) is 10.9 Å². The lowest BCUT2D eigenvalue weighted by Crippen LogP contribution is -2.05. The number of hydrogen-bond donors (Lipinski definition) is 0. The number of rotatable bonds is 5. The number of nitrogens with zero attached hydrogens (tertiary/aromatic N) is 3. The summed E-state index contributed by atoms with van der Waals surface area (Å²) >= 11 is 6.26. The Morgan fingerprint density at radius 1 is 1.00 bits per heavy atom. The summed E-state index contributed by atoms with van der Waals surface area (Å²) in [6.07, 6.45) is 1.81. The molecule has 0 atom stereocenters. The monoisotopic (exact) mass is 377 g/mol. The SMILES string of the molecule is Cc1c(C)n(Cc2ccccc2)c2c(OCc3ccccc3Cl)nncc12. The zero-order valence-corrected chi connectivity index (χ0v) is 16.1. The average molecular weight is 378 g/mol. The number of halogens is 1. The van der Waals surface area contributed by atoms with Gasteiger partial charge in [-0.3, -0.25) is 0 Å². The molecule has 0 unspecified atom stereocenters. The summed E-state index contributed by atoms with van der Waals surface area (Å²) < 4.78 is 8.30. The van der Waals surface area contributed by atoms with Crippen molar-refractivity contribution in [2.24, 2.45) is 0 Å². The quantitative estimate of drug-likeness (QED) is 0.472. The molecule has 27 heavy (non-hydrogen) atoms. The molecule has 0 fully saturated rings. The average Bonchev–Trinajstić information content (AvgIpc) is 2.94. The highest BCUT2D eigenvalue weighted by atomic mass is 35.5. The molecule has 0 radical (unpaired) electrons. The molecule has 0 aliphatic rings. The molecule has 2 aromatic heterocycles. The minimum absolute atomic E-state index is 0.349. The minimum Gasteiger partial charge on any atom is -0.470 e. The molecule has 4 aromatic rings. The van der Waals surface area contributed by atoms with Crippen LogP contribution in [-0.4, -0.2) is 14.8 Å². The first-order chi connectivity index (χ1) is 13.1. The largest absolute Gasteiger partial charge is 0.470 e. The summed E-state index contributed by atoms with van der Waals surface area (Å²) in [6, 6.07) is 18.1. The lowest BCUT2D eigenvalue weighted by molar-refractivity contribution is 0.293. The topological polar surface area (TPSA) is 39.9 Å². The van der Waals surface area contributed by atoms with E-state index in [-0.39, 0.29) is 0 Å². The first kappa shape index (κ1) is 17.6. The van der Waals surface area contributed by atoms with E-state index >= 15 is 0 Å². The van der Waals surface area contributed by atoms with Crippen molar-refractivity contribution in [3.63, 3.8) is 0 Å². The second-order valence-electron chi connectivity index (χ2n) is 6.57. The Labute approximate surface area is 163 Å². The van der Waals surface area contributed by atoms with E-state index in [1.54, 1.807) is 0 Å². The molecule has 2 heterocycles. The van der Waals surface area contributed by atoms with Gasteiger partial charge in [0.25, 0.3) is 5.88 Å². The lowest BCUT2D eigenvalue weighted by Gasteiger charge is -2.12. The Balaban J connectivity index is 1.75. The van der Waals surface area contributed by atoms with E-state index in [1.165, 1.54) is 16.8 Å². The molecule has 4 nitrogen and oxygen atoms in total. The predicted molar refractivity (Wildman–Crippen MR) is 108 cm³/mol. The Kier molecular flexibility index (Phi) is 4.82. The summed E-state index contributed by atoms with van der Waals surface area (Å²) in [4.78, 5) is 0. The second kappa shape index (κ2) is 7.41. The fraction of sp³-hybridized carbons (Fsp3) is 0.182. The number of hydrogen-bond acceptors (Lipinski definition) is 3. The van der Waals surface area contributed by atoms with Gasteiger partial charge in [-0.05, 0) is 31.0 Å². The van der Waals surface area contributed by atoms with E-state index in [0.717, 1.165) is 23.0 Å². The van der Waals surface area contributed by atoms with Crippen molar-refractivity contribution in [1.29, 1.82) is 0 Å². The Hall–Kier alpha value is -2.85. The van der Waals surface area contributed by atoms with Crippen LogP contribution in [-0.2, 0) is 13.2 Å². The molecule has 0 amide bonds. The van der Waals surface area contributed by atoms with E-state index in [1.807, 2.05) is 36.5 Å². The van der Waals surface area contributed by atoms with Crippen LogP contribution in [0.3, 0.4) is 0 Å². The molecule has 0 saturated carbocycles. The van der Waals surface area contributed by atoms with Gasteiger partial charge in [0.05, 0.1) is 6.20 Å². The van der Waals surface area contributed by atoms with Gasteiger partial charge in [0.1, 0.15) is 12.1 Å². The van der Waals surface area contributed by atoms with Crippen molar-refractivity contribution in [3.05, 3.63) is 88.2 Å². The summed E-state index contributed by atoms with van der Waals surface area (Å²) in [5, 5.41) is 10.2. The maximum atomic E-state index is 6.26. The van der Waals surface area contributed by atoms with E-state index in [9.17, 15) is 0 Å². The minimum atomic E-state index is 0.349. The highest BCUT2D eigenvalue weighted by Crippen LogP contribution is 2.31. The molecule has 4 rings (SSSR count). The molecule has 0 aliphatic carbocycles. The van der Waals surface area contributed by atoms with Gasteiger partial charge < -0.3 is 9.30 Å². The van der Waals surface area contributed by atoms with Crippen molar-refractivity contribution in [3.8, 4) is 5.88 Å². The predicted octanol–water partition coefficient (Wildman–Crippen LogP) is 5.33. The maximum Gasteiger partial charge on any atom is 0.258 e. The van der Waals surface area contributed by atoms with Crippen molar-refractivity contribution in [2.45, 2.75) is 27.0 Å². The van der Waals surface area contributed by atoms with Crippen LogP contribution < -0.4 is 4.74 Å². The number of benzene rings is 2. The molecular formula is C22H20ClN3O. The van der Waals surface area contributed by atoms with Crippen molar-refractivity contribution in [1.82, 2.24) is 14.8 Å². The van der Waals surface area contributed by atoms with E-state index in [2.05, 4.69) is 52.9 Å². The smallest absolute Gasteiger partial charge is 0.258 e. The third-order valence-corrected chi connectivity index (χ3v) is 5.29. The van der Waals surface area contributed by atoms with Gasteiger partial charge in [-0.2, -0.15) is 5.10 Å². The number of fused-ring (bicyclic) bond motifs is 1. The summed E-state index contributed by atoms with van der Waals surface area (Å²) in [5.41, 5.74) is 5.50. The van der Waals surface area contributed by atoms with Crippen molar-refractivity contribution < 1.29 is 4.74 Å².